The molecule has 3 aliphatic rings. The van der Waals surface area contributed by atoms with E-state index in [1.165, 1.54) is 16.3 Å². The van der Waals surface area contributed by atoms with Gasteiger partial charge >= 0.3 is 0 Å². The van der Waals surface area contributed by atoms with Gasteiger partial charge in [0, 0.05) is 42.4 Å². The Balaban J connectivity index is 1.13. The van der Waals surface area contributed by atoms with Gasteiger partial charge < -0.3 is 25.8 Å². The lowest BCUT2D eigenvalue weighted by molar-refractivity contribution is 0.0974. The van der Waals surface area contributed by atoms with Gasteiger partial charge in [-0.05, 0) is 56.5 Å². The summed E-state index contributed by atoms with van der Waals surface area (Å²) in [5, 5.41) is 13.8. The fourth-order valence-electron chi connectivity index (χ4n) is 5.94. The predicted octanol–water partition coefficient (Wildman–Crippen LogP) is 3.46. The van der Waals surface area contributed by atoms with Crippen LogP contribution in [0.5, 0.6) is 5.88 Å². The first-order chi connectivity index (χ1) is 19.8. The van der Waals surface area contributed by atoms with Crippen LogP contribution in [0.3, 0.4) is 0 Å². The Morgan fingerprint density at radius 1 is 1.22 bits per heavy atom. The van der Waals surface area contributed by atoms with Crippen molar-refractivity contribution in [1.29, 1.82) is 0 Å². The lowest BCUT2D eigenvalue weighted by atomic mass is 9.73. The van der Waals surface area contributed by atoms with E-state index < -0.39 is 22.9 Å². The van der Waals surface area contributed by atoms with Gasteiger partial charge in [-0.1, -0.05) is 17.7 Å². The monoisotopic (exact) mass is 597 g/mol. The summed E-state index contributed by atoms with van der Waals surface area (Å²) in [6.07, 6.45) is 7.92. The van der Waals surface area contributed by atoms with E-state index >= 15 is 0 Å². The van der Waals surface area contributed by atoms with Gasteiger partial charge in [0.2, 0.25) is 5.88 Å². The number of benzene rings is 1. The second-order valence-electron chi connectivity index (χ2n) is 10.9. The van der Waals surface area contributed by atoms with E-state index in [0.29, 0.717) is 34.5 Å². The summed E-state index contributed by atoms with van der Waals surface area (Å²) in [6.45, 7) is 4.97. The number of piperidine rings is 1. The van der Waals surface area contributed by atoms with Crippen molar-refractivity contribution in [2.75, 3.05) is 29.9 Å². The molecule has 2 fully saturated rings. The number of carbonyl (C=O) groups is 1. The maximum Gasteiger partial charge on any atom is 0.270 e. The van der Waals surface area contributed by atoms with Crippen LogP contribution >= 0.6 is 23.4 Å². The Morgan fingerprint density at radius 2 is 1.98 bits per heavy atom. The number of aromatic nitrogens is 4. The van der Waals surface area contributed by atoms with Crippen LogP contribution in [-0.2, 0) is 17.7 Å². The zero-order valence-corrected chi connectivity index (χ0v) is 24.2. The Bertz CT molecular complexity index is 1530. The van der Waals surface area contributed by atoms with E-state index in [9.17, 15) is 14.7 Å². The maximum absolute atomic E-state index is 13.0. The normalized spacial score (nSPS) is 21.6. The Labute approximate surface area is 246 Å². The van der Waals surface area contributed by atoms with Crippen molar-refractivity contribution in [3.63, 3.8) is 0 Å². The summed E-state index contributed by atoms with van der Waals surface area (Å²) in [5.74, 6) is -0.855. The summed E-state index contributed by atoms with van der Waals surface area (Å²) >= 11 is 7.90. The van der Waals surface area contributed by atoms with Crippen LogP contribution in [-0.4, -0.2) is 62.4 Å². The standard InChI is InChI=1S/C28H32ClN7O4S/c1-16-23(30)28(15-40-16)8-11-35(12-9-28)17-13-31-27(32-14-17)41-19-6-4-5-18(22(19)29)33-24(37)21-25(38)34-20-7-2-3-10-36(20)26(21)39/h4-6,13-14,16,23,38H,2-3,7-12,15,30H2,1H3,(H,33,37)/t16-,23-/m0/s1. The molecule has 1 aromatic carbocycles. The molecule has 2 saturated heterocycles. The molecule has 41 heavy (non-hydrogen) atoms. The number of aromatic hydroxyl groups is 1. The van der Waals surface area contributed by atoms with E-state index in [4.69, 9.17) is 22.1 Å². The number of nitrogens with two attached hydrogens (primary N) is 1. The Kier molecular flexibility index (Phi) is 7.66. The largest absolute Gasteiger partial charge is 0.493 e. The SMILES string of the molecule is C[C@@H]1OCC2(CCN(c3cnc(Sc4cccc(NC(=O)c5c(O)nc6n(c5=O)CCCC6)c4Cl)nc3)CC2)[C@H]1N. The van der Waals surface area contributed by atoms with Gasteiger partial charge in [-0.25, -0.2) is 9.97 Å². The average Bonchev–Trinajstić information content (AvgIpc) is 3.24. The molecule has 2 atom stereocenters. The van der Waals surface area contributed by atoms with Crippen LogP contribution in [0.4, 0.5) is 11.4 Å². The molecule has 0 radical (unpaired) electrons. The van der Waals surface area contributed by atoms with Gasteiger partial charge in [-0.15, -0.1) is 0 Å². The summed E-state index contributed by atoms with van der Waals surface area (Å²) in [7, 11) is 0. The predicted molar refractivity (Wildman–Crippen MR) is 156 cm³/mol. The highest BCUT2D eigenvalue weighted by Gasteiger charge is 2.47. The van der Waals surface area contributed by atoms with Crippen LogP contribution in [0.2, 0.25) is 5.02 Å². The molecular formula is C28H32ClN7O4S. The number of nitrogens with zero attached hydrogens (tertiary/aromatic N) is 5. The highest BCUT2D eigenvalue weighted by atomic mass is 35.5. The quantitative estimate of drug-likeness (QED) is 0.373. The maximum atomic E-state index is 13.0. The highest BCUT2D eigenvalue weighted by Crippen LogP contribution is 2.42. The summed E-state index contributed by atoms with van der Waals surface area (Å²) in [6, 6.07) is 5.22. The van der Waals surface area contributed by atoms with Crippen LogP contribution in [0.1, 0.15) is 48.8 Å². The van der Waals surface area contributed by atoms with E-state index in [1.54, 1.807) is 30.6 Å². The topological polar surface area (TPSA) is 148 Å². The second-order valence-corrected chi connectivity index (χ2v) is 12.3. The molecule has 0 aliphatic carbocycles. The molecule has 3 aromatic rings. The van der Waals surface area contributed by atoms with Gasteiger partial charge in [-0.2, -0.15) is 4.98 Å². The molecule has 3 aliphatic heterocycles. The molecule has 4 N–H and O–H groups in total. The third-order valence-electron chi connectivity index (χ3n) is 8.49. The first-order valence-electron chi connectivity index (χ1n) is 13.8. The highest BCUT2D eigenvalue weighted by molar-refractivity contribution is 7.99. The third kappa shape index (κ3) is 5.29. The smallest absolute Gasteiger partial charge is 0.270 e. The van der Waals surface area contributed by atoms with E-state index in [-0.39, 0.29) is 22.6 Å². The summed E-state index contributed by atoms with van der Waals surface area (Å²) in [4.78, 5) is 42.0. The van der Waals surface area contributed by atoms with E-state index in [1.807, 2.05) is 6.92 Å². The van der Waals surface area contributed by atoms with Crippen LogP contribution < -0.4 is 21.5 Å². The molecule has 0 bridgehead atoms. The Morgan fingerprint density at radius 3 is 2.68 bits per heavy atom. The molecule has 0 saturated carbocycles. The molecule has 11 nitrogen and oxygen atoms in total. The molecule has 1 spiro atoms. The molecule has 6 rings (SSSR count). The molecule has 0 unspecified atom stereocenters. The number of halogens is 1. The van der Waals surface area contributed by atoms with Crippen molar-refractivity contribution < 1.29 is 14.6 Å². The number of nitrogens with one attached hydrogen (secondary N) is 1. The fraction of sp³-hybridized carbons (Fsp3) is 0.464. The Hall–Kier alpha value is -3.19. The van der Waals surface area contributed by atoms with Crippen molar-refractivity contribution in [3.8, 4) is 5.88 Å². The van der Waals surface area contributed by atoms with Crippen molar-refractivity contribution in [2.24, 2.45) is 11.1 Å². The van der Waals surface area contributed by atoms with Crippen LogP contribution in [0, 0.1) is 5.41 Å². The van der Waals surface area contributed by atoms with Gasteiger partial charge in [0.15, 0.2) is 10.7 Å². The number of amides is 1. The number of hydrogen-bond acceptors (Lipinski definition) is 10. The minimum absolute atomic E-state index is 0.0486. The molecule has 1 amide bonds. The van der Waals surface area contributed by atoms with Crippen LogP contribution in [0.25, 0.3) is 0 Å². The third-order valence-corrected chi connectivity index (χ3v) is 9.96. The van der Waals surface area contributed by atoms with E-state index in [0.717, 1.165) is 51.1 Å². The van der Waals surface area contributed by atoms with Gasteiger partial charge in [0.25, 0.3) is 11.5 Å². The first kappa shape index (κ1) is 28.0. The summed E-state index contributed by atoms with van der Waals surface area (Å²) in [5.41, 5.74) is 6.78. The lowest BCUT2D eigenvalue weighted by Gasteiger charge is -2.41. The zero-order chi connectivity index (χ0) is 28.7. The minimum Gasteiger partial charge on any atom is -0.493 e. The van der Waals surface area contributed by atoms with Crippen LogP contribution in [0.15, 0.2) is 45.4 Å². The number of anilines is 2. The number of fused-ring (bicyclic) bond motifs is 1. The van der Waals surface area contributed by atoms with Gasteiger partial charge in [0.05, 0.1) is 41.5 Å². The number of ether oxygens (including phenoxy) is 1. The number of rotatable bonds is 5. The zero-order valence-electron chi connectivity index (χ0n) is 22.7. The number of hydrogen-bond donors (Lipinski definition) is 3. The molecule has 2 aromatic heterocycles. The van der Waals surface area contributed by atoms with E-state index in [2.05, 4.69) is 25.2 Å². The van der Waals surface area contributed by atoms with Crippen molar-refractivity contribution in [1.82, 2.24) is 19.5 Å². The van der Waals surface area contributed by atoms with Crippen molar-refractivity contribution in [2.45, 2.75) is 67.8 Å². The second kappa shape index (κ2) is 11.2. The fourth-order valence-corrected chi connectivity index (χ4v) is 6.98. The molecule has 5 heterocycles. The molecular weight excluding hydrogens is 566 g/mol. The van der Waals surface area contributed by atoms with Gasteiger partial charge in [-0.3, -0.25) is 14.2 Å². The number of aryl methyl sites for hydroxylation is 1. The lowest BCUT2D eigenvalue weighted by Crippen LogP contribution is -2.50. The van der Waals surface area contributed by atoms with Crippen molar-refractivity contribution in [3.05, 3.63) is 57.4 Å². The molecule has 13 heteroatoms. The summed E-state index contributed by atoms with van der Waals surface area (Å²) < 4.78 is 7.28. The van der Waals surface area contributed by atoms with Gasteiger partial charge in [0.1, 0.15) is 5.82 Å². The minimum atomic E-state index is -0.770. The molecule has 216 valence electrons. The first-order valence-corrected chi connectivity index (χ1v) is 15.0. The van der Waals surface area contributed by atoms with Crippen molar-refractivity contribution >= 4 is 40.6 Å². The average molecular weight is 598 g/mol. The number of carbonyl (C=O) groups excluding carboxylic acids is 1.